The molecule has 4 aromatic rings. The maximum atomic E-state index is 14.1. The van der Waals surface area contributed by atoms with Gasteiger partial charge in [0.05, 0.1) is 41.6 Å². The lowest BCUT2D eigenvalue weighted by atomic mass is 9.94. The fourth-order valence-corrected chi connectivity index (χ4v) is 5.97. The third kappa shape index (κ3) is 5.64. The molecule has 0 fully saturated rings. The van der Waals surface area contributed by atoms with Crippen LogP contribution in [0.15, 0.2) is 81.7 Å². The standard InChI is InChI=1S/C31H28N4O8S/c1-5-43-24-14-18(13-22(28(24)36)35(39)40)15-25-30(38)34-27(21-12-11-20(41-3)16-23(21)42-4)26(17(2)32-31(34)44-25)29(37)33-19-9-7-6-8-10-19/h6-16,27,36H,5H2,1-4H3,(H,33,37)/b25-15-/t27-/m1/s1. The number of ether oxygens (including phenoxy) is 3. The molecule has 0 spiro atoms. The van der Waals surface area contributed by atoms with Crippen molar-refractivity contribution in [2.24, 2.45) is 4.99 Å². The van der Waals surface area contributed by atoms with Crippen molar-refractivity contribution >= 4 is 34.7 Å². The Labute approximate surface area is 254 Å². The Morgan fingerprint density at radius 1 is 1.14 bits per heavy atom. The average molecular weight is 617 g/mol. The molecule has 0 saturated carbocycles. The van der Waals surface area contributed by atoms with Crippen molar-refractivity contribution in [1.29, 1.82) is 0 Å². The molecule has 1 amide bonds. The first kappa shape index (κ1) is 30.0. The first-order chi connectivity index (χ1) is 21.2. The predicted octanol–water partition coefficient (Wildman–Crippen LogP) is 3.90. The molecule has 13 heteroatoms. The summed E-state index contributed by atoms with van der Waals surface area (Å²) >= 11 is 1.06. The van der Waals surface area contributed by atoms with Gasteiger partial charge in [-0.3, -0.25) is 24.3 Å². The molecule has 2 N–H and O–H groups in total. The van der Waals surface area contributed by atoms with Gasteiger partial charge in [0.25, 0.3) is 11.5 Å². The van der Waals surface area contributed by atoms with Crippen molar-refractivity contribution < 1.29 is 29.0 Å². The van der Waals surface area contributed by atoms with Crippen molar-refractivity contribution in [3.8, 4) is 23.0 Å². The molecule has 5 rings (SSSR count). The summed E-state index contributed by atoms with van der Waals surface area (Å²) in [6, 6.07) is 15.6. The molecular weight excluding hydrogens is 588 g/mol. The van der Waals surface area contributed by atoms with Crippen LogP contribution in [0, 0.1) is 10.1 Å². The number of hydrogen-bond acceptors (Lipinski definition) is 10. The number of fused-ring (bicyclic) bond motifs is 1. The molecular formula is C31H28N4O8S. The van der Waals surface area contributed by atoms with E-state index in [0.29, 0.717) is 33.2 Å². The number of allylic oxidation sites excluding steroid dienone is 1. The van der Waals surface area contributed by atoms with Gasteiger partial charge in [-0.1, -0.05) is 29.5 Å². The lowest BCUT2D eigenvalue weighted by Gasteiger charge is -2.26. The minimum absolute atomic E-state index is 0.0858. The number of nitrogens with one attached hydrogen (secondary N) is 1. The van der Waals surface area contributed by atoms with E-state index in [0.717, 1.165) is 17.4 Å². The number of nitro groups is 1. The summed E-state index contributed by atoms with van der Waals surface area (Å²) in [5.74, 6) is -0.235. The maximum absolute atomic E-state index is 14.1. The first-order valence-electron chi connectivity index (χ1n) is 13.4. The Kier molecular flexibility index (Phi) is 8.49. The van der Waals surface area contributed by atoms with Crippen LogP contribution in [-0.2, 0) is 4.79 Å². The Morgan fingerprint density at radius 3 is 2.55 bits per heavy atom. The summed E-state index contributed by atoms with van der Waals surface area (Å²) in [6.07, 6.45) is 1.46. The van der Waals surface area contributed by atoms with Crippen molar-refractivity contribution in [1.82, 2.24) is 4.57 Å². The van der Waals surface area contributed by atoms with E-state index in [1.807, 2.05) is 6.07 Å². The Bertz CT molecular complexity index is 1980. The first-order valence-corrected chi connectivity index (χ1v) is 14.2. The van der Waals surface area contributed by atoms with E-state index in [1.165, 1.54) is 30.9 Å². The minimum Gasteiger partial charge on any atom is -0.500 e. The highest BCUT2D eigenvalue weighted by atomic mass is 32.1. The molecule has 3 aromatic carbocycles. The Balaban J connectivity index is 1.73. The molecule has 226 valence electrons. The Morgan fingerprint density at radius 2 is 1.89 bits per heavy atom. The quantitative estimate of drug-likeness (QED) is 0.212. The van der Waals surface area contributed by atoms with Crippen LogP contribution in [0.25, 0.3) is 6.08 Å². The van der Waals surface area contributed by atoms with Gasteiger partial charge in [0, 0.05) is 23.4 Å². The zero-order valence-electron chi connectivity index (χ0n) is 24.2. The van der Waals surface area contributed by atoms with Crippen LogP contribution in [0.2, 0.25) is 0 Å². The number of phenolic OH excluding ortho intramolecular Hbond substituents is 1. The third-order valence-corrected chi connectivity index (χ3v) is 7.89. The monoisotopic (exact) mass is 616 g/mol. The number of thiazole rings is 1. The Hall–Kier alpha value is -5.43. The van der Waals surface area contributed by atoms with E-state index in [9.17, 15) is 24.8 Å². The molecule has 0 radical (unpaired) electrons. The largest absolute Gasteiger partial charge is 0.500 e. The molecule has 1 aromatic heterocycles. The van der Waals surface area contributed by atoms with Crippen LogP contribution < -0.4 is 34.4 Å². The van der Waals surface area contributed by atoms with Crippen molar-refractivity contribution in [3.63, 3.8) is 0 Å². The number of phenols is 1. The van der Waals surface area contributed by atoms with Gasteiger partial charge in [0.2, 0.25) is 5.75 Å². The number of methoxy groups -OCH3 is 2. The van der Waals surface area contributed by atoms with Crippen molar-refractivity contribution in [2.75, 3.05) is 26.1 Å². The second-order valence-electron chi connectivity index (χ2n) is 9.59. The zero-order chi connectivity index (χ0) is 31.5. The summed E-state index contributed by atoms with van der Waals surface area (Å²) in [5.41, 5.74) is 0.930. The molecule has 2 heterocycles. The fourth-order valence-electron chi connectivity index (χ4n) is 4.92. The van der Waals surface area contributed by atoms with E-state index in [1.54, 1.807) is 56.3 Å². The highest BCUT2D eigenvalue weighted by Crippen LogP contribution is 2.39. The van der Waals surface area contributed by atoms with Crippen LogP contribution in [0.4, 0.5) is 11.4 Å². The topological polar surface area (TPSA) is 155 Å². The van der Waals surface area contributed by atoms with Gasteiger partial charge in [-0.15, -0.1) is 0 Å². The molecule has 1 aliphatic heterocycles. The molecule has 1 atom stereocenters. The van der Waals surface area contributed by atoms with Crippen LogP contribution in [-0.4, -0.2) is 41.3 Å². The highest BCUT2D eigenvalue weighted by Gasteiger charge is 2.34. The molecule has 44 heavy (non-hydrogen) atoms. The lowest BCUT2D eigenvalue weighted by Crippen LogP contribution is -2.40. The van der Waals surface area contributed by atoms with Gasteiger partial charge in [-0.25, -0.2) is 4.99 Å². The molecule has 0 saturated heterocycles. The van der Waals surface area contributed by atoms with Crippen molar-refractivity contribution in [2.45, 2.75) is 19.9 Å². The second-order valence-corrected chi connectivity index (χ2v) is 10.6. The van der Waals surface area contributed by atoms with Gasteiger partial charge < -0.3 is 24.6 Å². The number of nitro benzene ring substituents is 1. The van der Waals surface area contributed by atoms with Gasteiger partial charge in [0.15, 0.2) is 10.6 Å². The van der Waals surface area contributed by atoms with E-state index in [2.05, 4.69) is 10.3 Å². The van der Waals surface area contributed by atoms with E-state index in [4.69, 9.17) is 14.2 Å². The van der Waals surface area contributed by atoms with Gasteiger partial charge >= 0.3 is 5.69 Å². The van der Waals surface area contributed by atoms with Crippen molar-refractivity contribution in [3.05, 3.63) is 113 Å². The molecule has 0 aliphatic carbocycles. The number of aromatic hydroxyl groups is 1. The van der Waals surface area contributed by atoms with Crippen LogP contribution in [0.1, 0.15) is 31.0 Å². The zero-order valence-corrected chi connectivity index (χ0v) is 25.0. The number of carbonyl (C=O) groups is 1. The molecule has 1 aliphatic rings. The number of amides is 1. The highest BCUT2D eigenvalue weighted by molar-refractivity contribution is 7.07. The minimum atomic E-state index is -0.939. The third-order valence-electron chi connectivity index (χ3n) is 6.90. The number of benzene rings is 3. The fraction of sp³-hybridized carbons (Fsp3) is 0.194. The van der Waals surface area contributed by atoms with Crippen LogP contribution in [0.3, 0.4) is 0 Å². The van der Waals surface area contributed by atoms with E-state index >= 15 is 0 Å². The lowest BCUT2D eigenvalue weighted by molar-refractivity contribution is -0.386. The molecule has 12 nitrogen and oxygen atoms in total. The number of para-hydroxylation sites is 1. The SMILES string of the molecule is CCOc1cc(/C=c2\sc3n(c2=O)[C@H](c2ccc(OC)cc2OC)C(C(=O)Nc2ccccc2)=C(C)N=3)cc([N+](=O)[O-])c1O. The predicted molar refractivity (Wildman–Crippen MR) is 164 cm³/mol. The molecule has 0 bridgehead atoms. The van der Waals surface area contributed by atoms with Gasteiger partial charge in [-0.05, 0) is 55.8 Å². The summed E-state index contributed by atoms with van der Waals surface area (Å²) in [7, 11) is 3.00. The number of rotatable bonds is 9. The van der Waals surface area contributed by atoms with Crippen LogP contribution in [0.5, 0.6) is 23.0 Å². The summed E-state index contributed by atoms with van der Waals surface area (Å²) < 4.78 is 18.0. The van der Waals surface area contributed by atoms with E-state index in [-0.39, 0.29) is 28.0 Å². The summed E-state index contributed by atoms with van der Waals surface area (Å²) in [6.45, 7) is 3.53. The smallest absolute Gasteiger partial charge is 0.315 e. The van der Waals surface area contributed by atoms with Gasteiger partial charge in [-0.2, -0.15) is 0 Å². The number of nitrogens with zero attached hydrogens (tertiary/aromatic N) is 3. The average Bonchev–Trinajstić information content (AvgIpc) is 3.31. The van der Waals surface area contributed by atoms with E-state index < -0.39 is 33.9 Å². The molecule has 0 unspecified atom stereocenters. The summed E-state index contributed by atoms with van der Waals surface area (Å²) in [5, 5.41) is 24.8. The second kappa shape index (κ2) is 12.4. The van der Waals surface area contributed by atoms with Crippen LogP contribution >= 0.6 is 11.3 Å². The maximum Gasteiger partial charge on any atom is 0.315 e. The number of aromatic nitrogens is 1. The number of anilines is 1. The number of carbonyl (C=O) groups excluding carboxylic acids is 1. The van der Waals surface area contributed by atoms with Gasteiger partial charge in [0.1, 0.15) is 17.5 Å². The summed E-state index contributed by atoms with van der Waals surface area (Å²) in [4.78, 5) is 43.8. The number of hydrogen-bond donors (Lipinski definition) is 2. The normalized spacial score (nSPS) is 14.5.